The molecule has 3 rings (SSSR count). The van der Waals surface area contributed by atoms with Gasteiger partial charge in [-0.05, 0) is 24.6 Å². The van der Waals surface area contributed by atoms with Gasteiger partial charge in [-0.3, -0.25) is 0 Å². The van der Waals surface area contributed by atoms with Gasteiger partial charge in [-0.15, -0.1) is 0 Å². The predicted octanol–water partition coefficient (Wildman–Crippen LogP) is 3.59. The van der Waals surface area contributed by atoms with Crippen LogP contribution in [0, 0.1) is 0 Å². The average molecular weight is 237 g/mol. The molecule has 1 aliphatic heterocycles. The molecule has 90 valence electrons. The van der Waals surface area contributed by atoms with Crippen LogP contribution in [-0.4, -0.2) is 12.0 Å². The molecule has 2 nitrogen and oxygen atoms in total. The first kappa shape index (κ1) is 11.0. The van der Waals surface area contributed by atoms with Crippen molar-refractivity contribution in [2.75, 3.05) is 0 Å². The zero-order chi connectivity index (χ0) is 12.4. The van der Waals surface area contributed by atoms with Gasteiger partial charge in [0.05, 0.1) is 0 Å². The van der Waals surface area contributed by atoms with E-state index in [0.717, 1.165) is 11.5 Å². The van der Waals surface area contributed by atoms with Crippen molar-refractivity contribution in [3.63, 3.8) is 0 Å². The summed E-state index contributed by atoms with van der Waals surface area (Å²) in [4.78, 5) is 4.70. The molecule has 0 saturated heterocycles. The molecule has 0 aliphatic carbocycles. The summed E-state index contributed by atoms with van der Waals surface area (Å²) in [6.07, 6.45) is 0.0857. The fourth-order valence-corrected chi connectivity index (χ4v) is 2.22. The fraction of sp³-hybridized carbons (Fsp3) is 0.188. The number of ether oxygens (including phenoxy) is 1. The van der Waals surface area contributed by atoms with Crippen LogP contribution in [0.2, 0.25) is 0 Å². The largest absolute Gasteiger partial charge is 0.472 e. The minimum absolute atomic E-state index is 0.0857. The summed E-state index contributed by atoms with van der Waals surface area (Å²) >= 11 is 0. The van der Waals surface area contributed by atoms with Gasteiger partial charge in [0.1, 0.15) is 12.1 Å². The Kier molecular flexibility index (Phi) is 2.85. The highest BCUT2D eigenvalue weighted by Crippen LogP contribution is 2.30. The summed E-state index contributed by atoms with van der Waals surface area (Å²) in [6, 6.07) is 20.5. The van der Waals surface area contributed by atoms with Gasteiger partial charge >= 0.3 is 0 Å². The van der Waals surface area contributed by atoms with Crippen LogP contribution in [0.25, 0.3) is 0 Å². The molecule has 0 spiro atoms. The smallest absolute Gasteiger partial charge is 0.217 e. The second-order valence-electron chi connectivity index (χ2n) is 4.48. The highest BCUT2D eigenvalue weighted by atomic mass is 16.5. The van der Waals surface area contributed by atoms with Crippen LogP contribution in [0.5, 0.6) is 0 Å². The lowest BCUT2D eigenvalue weighted by Crippen LogP contribution is -2.12. The molecule has 2 aromatic rings. The van der Waals surface area contributed by atoms with Gasteiger partial charge in [-0.25, -0.2) is 4.99 Å². The molecule has 0 N–H and O–H groups in total. The molecule has 18 heavy (non-hydrogen) atoms. The zero-order valence-electron chi connectivity index (χ0n) is 10.3. The minimum Gasteiger partial charge on any atom is -0.472 e. The Bertz CT molecular complexity index is 548. The first-order valence-electron chi connectivity index (χ1n) is 6.19. The highest BCUT2D eigenvalue weighted by Gasteiger charge is 2.28. The first-order valence-corrected chi connectivity index (χ1v) is 6.19. The molecule has 0 bridgehead atoms. The SMILES string of the molecule is C[C@@H]1OC(c2ccccc2)=NC1c1ccccc1. The fourth-order valence-electron chi connectivity index (χ4n) is 2.22. The van der Waals surface area contributed by atoms with Crippen molar-refractivity contribution in [1.29, 1.82) is 0 Å². The van der Waals surface area contributed by atoms with Crippen LogP contribution in [-0.2, 0) is 4.74 Å². The molecule has 1 heterocycles. The molecule has 2 aromatic carbocycles. The Morgan fingerprint density at radius 3 is 2.17 bits per heavy atom. The number of benzene rings is 2. The van der Waals surface area contributed by atoms with E-state index in [1.54, 1.807) is 0 Å². The van der Waals surface area contributed by atoms with Crippen LogP contribution >= 0.6 is 0 Å². The number of nitrogens with zero attached hydrogens (tertiary/aromatic N) is 1. The van der Waals surface area contributed by atoms with Crippen molar-refractivity contribution in [2.24, 2.45) is 4.99 Å². The lowest BCUT2D eigenvalue weighted by atomic mass is 10.0. The maximum Gasteiger partial charge on any atom is 0.217 e. The molecule has 0 radical (unpaired) electrons. The van der Waals surface area contributed by atoms with Crippen LogP contribution in [0.15, 0.2) is 65.7 Å². The van der Waals surface area contributed by atoms with E-state index in [9.17, 15) is 0 Å². The number of rotatable bonds is 2. The standard InChI is InChI=1S/C16H15NO/c1-12-15(13-8-4-2-5-9-13)17-16(18-12)14-10-6-3-7-11-14/h2-12,15H,1H3/t12-,15?/m0/s1. The average Bonchev–Trinajstić information content (AvgIpc) is 2.83. The lowest BCUT2D eigenvalue weighted by Gasteiger charge is -2.12. The Morgan fingerprint density at radius 1 is 0.889 bits per heavy atom. The first-order chi connectivity index (χ1) is 8.84. The van der Waals surface area contributed by atoms with Crippen LogP contribution < -0.4 is 0 Å². The second kappa shape index (κ2) is 4.65. The summed E-state index contributed by atoms with van der Waals surface area (Å²) in [5.41, 5.74) is 2.25. The Hall–Kier alpha value is -2.09. The van der Waals surface area contributed by atoms with Crippen molar-refractivity contribution in [1.82, 2.24) is 0 Å². The summed E-state index contributed by atoms with van der Waals surface area (Å²) in [7, 11) is 0. The monoisotopic (exact) mass is 237 g/mol. The third-order valence-electron chi connectivity index (χ3n) is 3.16. The van der Waals surface area contributed by atoms with Gasteiger partial charge in [-0.2, -0.15) is 0 Å². The van der Waals surface area contributed by atoms with Crippen molar-refractivity contribution < 1.29 is 4.74 Å². The van der Waals surface area contributed by atoms with Gasteiger partial charge in [0.2, 0.25) is 5.90 Å². The summed E-state index contributed by atoms with van der Waals surface area (Å²) in [5.74, 6) is 0.747. The van der Waals surface area contributed by atoms with Gasteiger partial charge in [0.15, 0.2) is 0 Å². The van der Waals surface area contributed by atoms with Gasteiger partial charge in [0.25, 0.3) is 0 Å². The molecular weight excluding hydrogens is 222 g/mol. The maximum atomic E-state index is 5.86. The predicted molar refractivity (Wildman–Crippen MR) is 72.7 cm³/mol. The van der Waals surface area contributed by atoms with E-state index in [4.69, 9.17) is 9.73 Å². The van der Waals surface area contributed by atoms with E-state index in [1.165, 1.54) is 5.56 Å². The Morgan fingerprint density at radius 2 is 1.50 bits per heavy atom. The summed E-state index contributed by atoms with van der Waals surface area (Å²) in [5, 5.41) is 0. The lowest BCUT2D eigenvalue weighted by molar-refractivity contribution is 0.214. The van der Waals surface area contributed by atoms with Gasteiger partial charge in [0, 0.05) is 5.56 Å². The quantitative estimate of drug-likeness (QED) is 0.782. The van der Waals surface area contributed by atoms with E-state index in [1.807, 2.05) is 48.5 Å². The third kappa shape index (κ3) is 2.02. The summed E-state index contributed by atoms with van der Waals surface area (Å²) < 4.78 is 5.86. The molecule has 0 aromatic heterocycles. The van der Waals surface area contributed by atoms with Crippen molar-refractivity contribution in [2.45, 2.75) is 19.1 Å². The topological polar surface area (TPSA) is 21.6 Å². The third-order valence-corrected chi connectivity index (χ3v) is 3.16. The van der Waals surface area contributed by atoms with Crippen molar-refractivity contribution in [3.8, 4) is 0 Å². The Balaban J connectivity index is 1.92. The van der Waals surface area contributed by atoms with E-state index in [2.05, 4.69) is 19.1 Å². The molecule has 1 unspecified atom stereocenters. The zero-order valence-corrected chi connectivity index (χ0v) is 10.3. The second-order valence-corrected chi connectivity index (χ2v) is 4.48. The molecule has 2 heteroatoms. The van der Waals surface area contributed by atoms with E-state index in [-0.39, 0.29) is 12.1 Å². The van der Waals surface area contributed by atoms with Crippen molar-refractivity contribution >= 4 is 5.90 Å². The van der Waals surface area contributed by atoms with E-state index >= 15 is 0 Å². The normalized spacial score (nSPS) is 22.4. The molecule has 0 amide bonds. The Labute approximate surface area is 107 Å². The molecule has 0 fully saturated rings. The molecule has 0 saturated carbocycles. The van der Waals surface area contributed by atoms with Gasteiger partial charge < -0.3 is 4.74 Å². The summed E-state index contributed by atoms with van der Waals surface area (Å²) in [6.45, 7) is 2.07. The molecule has 2 atom stereocenters. The number of hydrogen-bond acceptors (Lipinski definition) is 2. The van der Waals surface area contributed by atoms with Crippen LogP contribution in [0.1, 0.15) is 24.1 Å². The van der Waals surface area contributed by atoms with Gasteiger partial charge in [-0.1, -0.05) is 48.5 Å². The maximum absolute atomic E-state index is 5.86. The molecule has 1 aliphatic rings. The minimum atomic E-state index is 0.0857. The number of hydrogen-bond donors (Lipinski definition) is 0. The van der Waals surface area contributed by atoms with Crippen molar-refractivity contribution in [3.05, 3.63) is 71.8 Å². The number of aliphatic imine (C=N–C) groups is 1. The van der Waals surface area contributed by atoms with Crippen LogP contribution in [0.3, 0.4) is 0 Å². The molecular formula is C16H15NO. The highest BCUT2D eigenvalue weighted by molar-refractivity contribution is 5.95. The van der Waals surface area contributed by atoms with Crippen LogP contribution in [0.4, 0.5) is 0 Å². The van der Waals surface area contributed by atoms with E-state index < -0.39 is 0 Å². The van der Waals surface area contributed by atoms with E-state index in [0.29, 0.717) is 0 Å².